The normalized spacial score (nSPS) is 20.9. The lowest BCUT2D eigenvalue weighted by atomic mass is 9.97. The number of thioether (sulfide) groups is 1. The van der Waals surface area contributed by atoms with Crippen LogP contribution in [0.1, 0.15) is 51.9 Å². The van der Waals surface area contributed by atoms with Crippen molar-refractivity contribution in [3.8, 4) is 0 Å². The van der Waals surface area contributed by atoms with E-state index in [0.29, 0.717) is 6.42 Å². The Morgan fingerprint density at radius 2 is 2.06 bits per heavy atom. The fraction of sp³-hybridized carbons (Fsp3) is 0.917. The Bertz CT molecular complexity index is 225. The minimum atomic E-state index is -1.04. The first kappa shape index (κ1) is 13.8. The highest BCUT2D eigenvalue weighted by Gasteiger charge is 2.26. The van der Waals surface area contributed by atoms with E-state index < -0.39 is 11.5 Å². The number of hydrogen-bond acceptors (Lipinski definition) is 3. The van der Waals surface area contributed by atoms with Crippen LogP contribution in [0.3, 0.4) is 0 Å². The molecule has 0 aromatic heterocycles. The molecule has 0 aliphatic heterocycles. The number of rotatable bonds is 7. The van der Waals surface area contributed by atoms with E-state index >= 15 is 0 Å². The van der Waals surface area contributed by atoms with E-state index in [1.807, 2.05) is 0 Å². The molecule has 16 heavy (non-hydrogen) atoms. The van der Waals surface area contributed by atoms with Gasteiger partial charge >= 0.3 is 5.97 Å². The maximum absolute atomic E-state index is 10.8. The molecule has 0 aromatic carbocycles. The zero-order valence-electron chi connectivity index (χ0n) is 10.1. The van der Waals surface area contributed by atoms with Gasteiger partial charge in [0.15, 0.2) is 0 Å². The van der Waals surface area contributed by atoms with Crippen LogP contribution in [0.2, 0.25) is 0 Å². The van der Waals surface area contributed by atoms with Crippen LogP contribution in [0.5, 0.6) is 0 Å². The highest BCUT2D eigenvalue weighted by Crippen LogP contribution is 2.30. The first-order chi connectivity index (χ1) is 7.52. The molecule has 0 saturated heterocycles. The van der Waals surface area contributed by atoms with Crippen LogP contribution >= 0.6 is 11.8 Å². The predicted octanol–water partition coefficient (Wildman–Crippen LogP) is 2.63. The van der Waals surface area contributed by atoms with Gasteiger partial charge in [-0.3, -0.25) is 4.79 Å². The molecule has 1 aliphatic rings. The third-order valence-corrected chi connectivity index (χ3v) is 4.70. The summed E-state index contributed by atoms with van der Waals surface area (Å²) in [6.07, 6.45) is 8.09. The van der Waals surface area contributed by atoms with Gasteiger partial charge in [-0.25, -0.2) is 0 Å². The third-order valence-electron chi connectivity index (χ3n) is 3.23. The molecule has 0 aromatic rings. The Morgan fingerprint density at radius 3 is 2.62 bits per heavy atom. The first-order valence-electron chi connectivity index (χ1n) is 6.16. The molecule has 0 spiro atoms. The summed E-state index contributed by atoms with van der Waals surface area (Å²) in [4.78, 5) is 10.8. The average molecular weight is 245 g/mol. The Balaban J connectivity index is 2.01. The summed E-state index contributed by atoms with van der Waals surface area (Å²) in [7, 11) is 0. The van der Waals surface area contributed by atoms with Gasteiger partial charge < -0.3 is 10.8 Å². The van der Waals surface area contributed by atoms with Crippen LogP contribution in [0.4, 0.5) is 0 Å². The summed E-state index contributed by atoms with van der Waals surface area (Å²) < 4.78 is 0. The predicted molar refractivity (Wildman–Crippen MR) is 68.8 cm³/mol. The topological polar surface area (TPSA) is 63.3 Å². The maximum atomic E-state index is 10.8. The van der Waals surface area contributed by atoms with Gasteiger partial charge in [0.25, 0.3) is 0 Å². The lowest BCUT2D eigenvalue weighted by Gasteiger charge is -2.18. The van der Waals surface area contributed by atoms with Crippen molar-refractivity contribution < 1.29 is 9.90 Å². The Labute approximate surface area is 102 Å². The molecule has 1 atom stereocenters. The molecular weight excluding hydrogens is 222 g/mol. The van der Waals surface area contributed by atoms with Gasteiger partial charge in [0, 0.05) is 5.25 Å². The highest BCUT2D eigenvalue weighted by molar-refractivity contribution is 7.99. The second-order valence-corrected chi connectivity index (χ2v) is 6.37. The van der Waals surface area contributed by atoms with Crippen molar-refractivity contribution in [2.24, 2.45) is 5.73 Å². The van der Waals surface area contributed by atoms with Gasteiger partial charge in [-0.2, -0.15) is 11.8 Å². The van der Waals surface area contributed by atoms with Crippen molar-refractivity contribution in [1.82, 2.24) is 0 Å². The largest absolute Gasteiger partial charge is 0.480 e. The number of unbranched alkanes of at least 4 members (excludes halogenated alkanes) is 1. The van der Waals surface area contributed by atoms with E-state index in [9.17, 15) is 4.79 Å². The molecule has 4 heteroatoms. The molecule has 3 N–H and O–H groups in total. The smallest absolute Gasteiger partial charge is 0.323 e. The van der Waals surface area contributed by atoms with Crippen molar-refractivity contribution in [3.63, 3.8) is 0 Å². The summed E-state index contributed by atoms with van der Waals surface area (Å²) in [5.74, 6) is 0.260. The molecule has 0 amide bonds. The van der Waals surface area contributed by atoms with Crippen LogP contribution < -0.4 is 5.73 Å². The minimum absolute atomic E-state index is 0.577. The van der Waals surface area contributed by atoms with E-state index in [4.69, 9.17) is 10.8 Å². The second-order valence-electron chi connectivity index (χ2n) is 4.96. The SMILES string of the molecule is CC(N)(CCCCSC1CCCC1)C(=O)O. The fourth-order valence-electron chi connectivity index (χ4n) is 2.01. The number of carbonyl (C=O) groups is 1. The van der Waals surface area contributed by atoms with E-state index in [1.165, 1.54) is 25.7 Å². The van der Waals surface area contributed by atoms with Gasteiger partial charge in [0.1, 0.15) is 5.54 Å². The molecule has 1 rings (SSSR count). The molecule has 0 heterocycles. The summed E-state index contributed by atoms with van der Waals surface area (Å²) in [5, 5.41) is 9.70. The summed E-state index contributed by atoms with van der Waals surface area (Å²) in [6, 6.07) is 0. The lowest BCUT2D eigenvalue weighted by Crippen LogP contribution is -2.44. The Kier molecular flexibility index (Phi) is 5.62. The number of carboxylic acids is 1. The second kappa shape index (κ2) is 6.50. The Hall–Kier alpha value is -0.220. The zero-order chi connectivity index (χ0) is 12.0. The molecule has 0 bridgehead atoms. The van der Waals surface area contributed by atoms with Crippen molar-refractivity contribution in [3.05, 3.63) is 0 Å². The molecule has 1 aliphatic carbocycles. The fourth-order valence-corrected chi connectivity index (χ4v) is 3.38. The van der Waals surface area contributed by atoms with Gasteiger partial charge in [0.05, 0.1) is 0 Å². The van der Waals surface area contributed by atoms with Gasteiger partial charge in [0.2, 0.25) is 0 Å². The highest BCUT2D eigenvalue weighted by atomic mass is 32.2. The molecule has 1 fully saturated rings. The summed E-state index contributed by atoms with van der Waals surface area (Å²) in [6.45, 7) is 1.60. The van der Waals surface area contributed by atoms with Crippen LogP contribution in [-0.4, -0.2) is 27.6 Å². The van der Waals surface area contributed by atoms with E-state index in [-0.39, 0.29) is 0 Å². The van der Waals surface area contributed by atoms with E-state index in [2.05, 4.69) is 11.8 Å². The van der Waals surface area contributed by atoms with Crippen LogP contribution in [0, 0.1) is 0 Å². The molecule has 3 nitrogen and oxygen atoms in total. The Morgan fingerprint density at radius 1 is 1.44 bits per heavy atom. The number of hydrogen-bond donors (Lipinski definition) is 2. The third kappa shape index (κ3) is 4.74. The molecule has 1 unspecified atom stereocenters. The summed E-state index contributed by atoms with van der Waals surface area (Å²) >= 11 is 2.05. The van der Waals surface area contributed by atoms with Crippen molar-refractivity contribution in [1.29, 1.82) is 0 Å². The van der Waals surface area contributed by atoms with Crippen LogP contribution in [-0.2, 0) is 4.79 Å². The lowest BCUT2D eigenvalue weighted by molar-refractivity contribution is -0.142. The maximum Gasteiger partial charge on any atom is 0.323 e. The van der Waals surface area contributed by atoms with E-state index in [0.717, 1.165) is 23.8 Å². The van der Waals surface area contributed by atoms with Gasteiger partial charge in [-0.1, -0.05) is 19.3 Å². The number of nitrogens with two attached hydrogens (primary N) is 1. The van der Waals surface area contributed by atoms with Gasteiger partial charge in [-0.15, -0.1) is 0 Å². The molecule has 1 saturated carbocycles. The van der Waals surface area contributed by atoms with Crippen molar-refractivity contribution in [2.75, 3.05) is 5.75 Å². The average Bonchev–Trinajstić information content (AvgIpc) is 2.69. The monoisotopic (exact) mass is 245 g/mol. The quantitative estimate of drug-likeness (QED) is 0.677. The minimum Gasteiger partial charge on any atom is -0.480 e. The standard InChI is InChI=1S/C12H23NO2S/c1-12(13,11(14)15)8-4-5-9-16-10-6-2-3-7-10/h10H,2-9,13H2,1H3,(H,14,15). The first-order valence-corrected chi connectivity index (χ1v) is 7.21. The molecule has 0 radical (unpaired) electrons. The van der Waals surface area contributed by atoms with Crippen LogP contribution in [0.25, 0.3) is 0 Å². The molecular formula is C12H23NO2S. The van der Waals surface area contributed by atoms with Gasteiger partial charge in [-0.05, 0) is 38.4 Å². The van der Waals surface area contributed by atoms with E-state index in [1.54, 1.807) is 6.92 Å². The van der Waals surface area contributed by atoms with Crippen molar-refractivity contribution >= 4 is 17.7 Å². The van der Waals surface area contributed by atoms with Crippen LogP contribution in [0.15, 0.2) is 0 Å². The summed E-state index contributed by atoms with van der Waals surface area (Å²) in [5.41, 5.74) is 4.61. The van der Waals surface area contributed by atoms with Crippen molar-refractivity contribution in [2.45, 2.75) is 62.7 Å². The number of aliphatic carboxylic acids is 1. The number of carboxylic acid groups (broad SMARTS) is 1. The zero-order valence-corrected chi connectivity index (χ0v) is 10.9. The molecule has 94 valence electrons.